The van der Waals surface area contributed by atoms with E-state index in [1.54, 1.807) is 16.7 Å². The number of piperidine rings is 1. The van der Waals surface area contributed by atoms with Gasteiger partial charge < -0.3 is 10.0 Å². The van der Waals surface area contributed by atoms with Crippen LogP contribution in [0.5, 0.6) is 0 Å². The van der Waals surface area contributed by atoms with Gasteiger partial charge in [-0.3, -0.25) is 9.59 Å². The zero-order valence-corrected chi connectivity index (χ0v) is 10.6. The van der Waals surface area contributed by atoms with Crippen LogP contribution in [0.25, 0.3) is 0 Å². The second kappa shape index (κ2) is 6.13. The van der Waals surface area contributed by atoms with Crippen LogP contribution in [0.1, 0.15) is 19.8 Å². The van der Waals surface area contributed by atoms with Crippen LogP contribution < -0.4 is 0 Å². The Hall–Kier alpha value is -0.710. The van der Waals surface area contributed by atoms with E-state index in [2.05, 4.69) is 0 Å². The van der Waals surface area contributed by atoms with Crippen LogP contribution in [0.3, 0.4) is 0 Å². The third kappa shape index (κ3) is 3.40. The first kappa shape index (κ1) is 13.4. The molecule has 16 heavy (non-hydrogen) atoms. The number of thioether (sulfide) groups is 1. The standard InChI is InChI=1S/C11H19NO3S/c1-8(7-16-2)10(13)12-5-3-4-9(6-12)11(14)15/h8-9H,3-7H2,1-2H3,(H,14,15)/t8?,9-/m0/s1. The van der Waals surface area contributed by atoms with Crippen molar-refractivity contribution in [2.45, 2.75) is 19.8 Å². The van der Waals surface area contributed by atoms with Crippen molar-refractivity contribution in [3.05, 3.63) is 0 Å². The van der Waals surface area contributed by atoms with E-state index in [1.807, 2.05) is 13.2 Å². The molecule has 4 nitrogen and oxygen atoms in total. The summed E-state index contributed by atoms with van der Waals surface area (Å²) in [6, 6.07) is 0. The molecule has 0 spiro atoms. The molecule has 1 fully saturated rings. The Labute approximate surface area is 100 Å². The summed E-state index contributed by atoms with van der Waals surface area (Å²) in [5.74, 6) is -0.273. The minimum atomic E-state index is -0.782. The zero-order valence-electron chi connectivity index (χ0n) is 9.81. The fourth-order valence-corrected chi connectivity index (χ4v) is 2.65. The van der Waals surface area contributed by atoms with Crippen molar-refractivity contribution in [2.24, 2.45) is 11.8 Å². The van der Waals surface area contributed by atoms with Crippen molar-refractivity contribution in [3.8, 4) is 0 Å². The number of carbonyl (C=O) groups is 2. The van der Waals surface area contributed by atoms with E-state index in [0.29, 0.717) is 19.5 Å². The number of aliphatic carboxylic acids is 1. The third-order valence-electron chi connectivity index (χ3n) is 2.92. The van der Waals surface area contributed by atoms with Crippen LogP contribution in [-0.2, 0) is 9.59 Å². The van der Waals surface area contributed by atoms with E-state index in [1.165, 1.54) is 0 Å². The van der Waals surface area contributed by atoms with Gasteiger partial charge in [0.1, 0.15) is 0 Å². The normalized spacial score (nSPS) is 22.9. The predicted octanol–water partition coefficient (Wildman–Crippen LogP) is 1.31. The highest BCUT2D eigenvalue weighted by molar-refractivity contribution is 7.98. The van der Waals surface area contributed by atoms with Crippen LogP contribution in [0.15, 0.2) is 0 Å². The molecule has 0 aromatic rings. The van der Waals surface area contributed by atoms with Crippen molar-refractivity contribution in [1.29, 1.82) is 0 Å². The molecule has 1 amide bonds. The SMILES string of the molecule is CSCC(C)C(=O)N1CCC[C@H](C(=O)O)C1. The van der Waals surface area contributed by atoms with E-state index in [4.69, 9.17) is 5.11 Å². The first-order chi connectivity index (χ1) is 7.56. The van der Waals surface area contributed by atoms with Gasteiger partial charge in [0.25, 0.3) is 0 Å². The van der Waals surface area contributed by atoms with Crippen LogP contribution in [0.4, 0.5) is 0 Å². The molecule has 1 rings (SSSR count). The zero-order chi connectivity index (χ0) is 12.1. The van der Waals surface area contributed by atoms with Crippen LogP contribution in [-0.4, -0.2) is 47.0 Å². The quantitative estimate of drug-likeness (QED) is 0.811. The Balaban J connectivity index is 2.53. The van der Waals surface area contributed by atoms with E-state index in [0.717, 1.165) is 12.2 Å². The number of hydrogen-bond acceptors (Lipinski definition) is 3. The monoisotopic (exact) mass is 245 g/mol. The third-order valence-corrected chi connectivity index (χ3v) is 3.75. The smallest absolute Gasteiger partial charge is 0.308 e. The molecule has 1 N–H and O–H groups in total. The molecule has 1 heterocycles. The van der Waals surface area contributed by atoms with Crippen LogP contribution in [0.2, 0.25) is 0 Å². The summed E-state index contributed by atoms with van der Waals surface area (Å²) in [5, 5.41) is 8.94. The number of carboxylic acids is 1. The maximum absolute atomic E-state index is 12.0. The number of carboxylic acid groups (broad SMARTS) is 1. The van der Waals surface area contributed by atoms with Crippen molar-refractivity contribution < 1.29 is 14.7 Å². The molecule has 1 saturated heterocycles. The summed E-state index contributed by atoms with van der Waals surface area (Å²) in [7, 11) is 0. The van der Waals surface area contributed by atoms with E-state index in [9.17, 15) is 9.59 Å². The van der Waals surface area contributed by atoms with Gasteiger partial charge in [-0.2, -0.15) is 11.8 Å². The molecular formula is C11H19NO3S. The number of carbonyl (C=O) groups excluding carboxylic acids is 1. The molecule has 0 saturated carbocycles. The molecular weight excluding hydrogens is 226 g/mol. The Kier molecular flexibility index (Phi) is 5.12. The summed E-state index contributed by atoms with van der Waals surface area (Å²) < 4.78 is 0. The van der Waals surface area contributed by atoms with Gasteiger partial charge in [-0.15, -0.1) is 0 Å². The molecule has 0 bridgehead atoms. The minimum Gasteiger partial charge on any atom is -0.481 e. The van der Waals surface area contributed by atoms with Crippen LogP contribution >= 0.6 is 11.8 Å². The molecule has 2 atom stereocenters. The lowest BCUT2D eigenvalue weighted by molar-refractivity contribution is -0.146. The highest BCUT2D eigenvalue weighted by Crippen LogP contribution is 2.19. The van der Waals surface area contributed by atoms with E-state index >= 15 is 0 Å². The van der Waals surface area contributed by atoms with Gasteiger partial charge in [-0.1, -0.05) is 6.92 Å². The maximum Gasteiger partial charge on any atom is 0.308 e. The average molecular weight is 245 g/mol. The van der Waals surface area contributed by atoms with E-state index in [-0.39, 0.29) is 17.7 Å². The highest BCUT2D eigenvalue weighted by Gasteiger charge is 2.29. The van der Waals surface area contributed by atoms with Crippen molar-refractivity contribution in [1.82, 2.24) is 4.90 Å². The summed E-state index contributed by atoms with van der Waals surface area (Å²) in [6.45, 7) is 3.00. The Bertz CT molecular complexity index is 270. The molecule has 5 heteroatoms. The van der Waals surface area contributed by atoms with Gasteiger partial charge in [-0.05, 0) is 19.1 Å². The lowest BCUT2D eigenvalue weighted by Gasteiger charge is -2.32. The van der Waals surface area contributed by atoms with Gasteiger partial charge >= 0.3 is 5.97 Å². The summed E-state index contributed by atoms with van der Waals surface area (Å²) in [5.41, 5.74) is 0. The predicted molar refractivity (Wildman–Crippen MR) is 64.5 cm³/mol. The van der Waals surface area contributed by atoms with Crippen molar-refractivity contribution in [3.63, 3.8) is 0 Å². The molecule has 1 aliphatic rings. The molecule has 0 aromatic carbocycles. The number of rotatable bonds is 4. The van der Waals surface area contributed by atoms with Gasteiger partial charge in [0.05, 0.1) is 5.92 Å². The first-order valence-corrected chi connectivity index (χ1v) is 6.96. The molecule has 0 aliphatic carbocycles. The van der Waals surface area contributed by atoms with Gasteiger partial charge in [0.2, 0.25) is 5.91 Å². The van der Waals surface area contributed by atoms with Gasteiger partial charge in [0, 0.05) is 24.8 Å². The average Bonchev–Trinajstić information content (AvgIpc) is 2.28. The second-order valence-corrected chi connectivity index (χ2v) is 5.23. The topological polar surface area (TPSA) is 57.6 Å². The largest absolute Gasteiger partial charge is 0.481 e. The number of amides is 1. The Morgan fingerprint density at radius 2 is 2.25 bits per heavy atom. The maximum atomic E-state index is 12.0. The van der Waals surface area contributed by atoms with Crippen molar-refractivity contribution in [2.75, 3.05) is 25.1 Å². The molecule has 0 radical (unpaired) electrons. The summed E-state index contributed by atoms with van der Waals surface area (Å²) in [6.07, 6.45) is 3.46. The minimum absolute atomic E-state index is 0.0115. The number of hydrogen-bond donors (Lipinski definition) is 1. The fourth-order valence-electron chi connectivity index (χ4n) is 2.01. The number of likely N-dealkylation sites (tertiary alicyclic amines) is 1. The van der Waals surface area contributed by atoms with Crippen molar-refractivity contribution >= 4 is 23.6 Å². The fraction of sp³-hybridized carbons (Fsp3) is 0.818. The van der Waals surface area contributed by atoms with Gasteiger partial charge in [-0.25, -0.2) is 0 Å². The number of nitrogens with zero attached hydrogens (tertiary/aromatic N) is 1. The summed E-state index contributed by atoms with van der Waals surface area (Å²) in [4.78, 5) is 24.6. The summed E-state index contributed by atoms with van der Waals surface area (Å²) >= 11 is 1.65. The second-order valence-electron chi connectivity index (χ2n) is 4.32. The van der Waals surface area contributed by atoms with Gasteiger partial charge in [0.15, 0.2) is 0 Å². The lowest BCUT2D eigenvalue weighted by Crippen LogP contribution is -2.44. The van der Waals surface area contributed by atoms with E-state index < -0.39 is 5.97 Å². The Morgan fingerprint density at radius 1 is 1.56 bits per heavy atom. The Morgan fingerprint density at radius 3 is 2.81 bits per heavy atom. The molecule has 0 aromatic heterocycles. The molecule has 92 valence electrons. The highest BCUT2D eigenvalue weighted by atomic mass is 32.2. The molecule has 1 aliphatic heterocycles. The first-order valence-electron chi connectivity index (χ1n) is 5.56. The molecule has 1 unspecified atom stereocenters. The lowest BCUT2D eigenvalue weighted by atomic mass is 9.97. The van der Waals surface area contributed by atoms with Crippen LogP contribution in [0, 0.1) is 11.8 Å².